The van der Waals surface area contributed by atoms with E-state index in [1.54, 1.807) is 30.3 Å². The third-order valence-electron chi connectivity index (χ3n) is 4.48. The predicted molar refractivity (Wildman–Crippen MR) is 106 cm³/mol. The van der Waals surface area contributed by atoms with Crippen LogP contribution in [0.25, 0.3) is 0 Å². The van der Waals surface area contributed by atoms with Gasteiger partial charge >= 0.3 is 0 Å². The summed E-state index contributed by atoms with van der Waals surface area (Å²) >= 11 is 3.41. The summed E-state index contributed by atoms with van der Waals surface area (Å²) in [7, 11) is 0. The average molecular weight is 422 g/mol. The van der Waals surface area contributed by atoms with Crippen LogP contribution in [0.1, 0.15) is 38.1 Å². The molecule has 4 nitrogen and oxygen atoms in total. The van der Waals surface area contributed by atoms with Crippen LogP contribution in [0.2, 0.25) is 0 Å². The van der Waals surface area contributed by atoms with Crippen molar-refractivity contribution in [1.82, 2.24) is 4.90 Å². The molecule has 0 fully saturated rings. The van der Waals surface area contributed by atoms with Gasteiger partial charge in [-0.2, -0.15) is 0 Å². The predicted octanol–water partition coefficient (Wildman–Crippen LogP) is 5.13. The molecule has 0 aromatic heterocycles. The Morgan fingerprint density at radius 1 is 0.963 bits per heavy atom. The normalized spacial score (nSPS) is 15.9. The molecule has 3 aromatic carbocycles. The number of carbonyl (C=O) groups is 2. The number of carbonyl (C=O) groups excluding carboxylic acids is 2. The van der Waals surface area contributed by atoms with Gasteiger partial charge in [-0.05, 0) is 43.3 Å². The van der Waals surface area contributed by atoms with Crippen molar-refractivity contribution in [2.75, 3.05) is 0 Å². The van der Waals surface area contributed by atoms with Crippen molar-refractivity contribution in [3.05, 3.63) is 99.5 Å². The van der Waals surface area contributed by atoms with Crippen LogP contribution >= 0.6 is 15.9 Å². The highest BCUT2D eigenvalue weighted by Gasteiger charge is 2.39. The maximum Gasteiger partial charge on any atom is 0.267 e. The van der Waals surface area contributed by atoms with Crippen LogP contribution in [-0.4, -0.2) is 16.7 Å². The van der Waals surface area contributed by atoms with Gasteiger partial charge in [0.1, 0.15) is 5.75 Å². The standard InChI is InChI=1S/C22H16BrNO3/c1-14-6-8-15(9-7-14)20(25)24-21(26)18-4-2-3-5-19(18)27-22(24)16-10-12-17(23)13-11-16/h2-13,22H,1H3. The van der Waals surface area contributed by atoms with Gasteiger partial charge in [0.25, 0.3) is 11.8 Å². The number of para-hydroxylation sites is 1. The first kappa shape index (κ1) is 17.5. The first-order chi connectivity index (χ1) is 13.0. The lowest BCUT2D eigenvalue weighted by atomic mass is 10.0. The second kappa shape index (κ2) is 7.00. The van der Waals surface area contributed by atoms with Crippen molar-refractivity contribution in [3.8, 4) is 5.75 Å². The average Bonchev–Trinajstić information content (AvgIpc) is 2.69. The Labute approximate surface area is 165 Å². The van der Waals surface area contributed by atoms with E-state index in [9.17, 15) is 9.59 Å². The maximum absolute atomic E-state index is 13.2. The van der Waals surface area contributed by atoms with Crippen molar-refractivity contribution in [3.63, 3.8) is 0 Å². The van der Waals surface area contributed by atoms with Crippen LogP contribution < -0.4 is 4.74 Å². The number of nitrogens with zero attached hydrogens (tertiary/aromatic N) is 1. The SMILES string of the molecule is Cc1ccc(C(=O)N2C(=O)c3ccccc3OC2c2ccc(Br)cc2)cc1. The highest BCUT2D eigenvalue weighted by atomic mass is 79.9. The molecule has 0 saturated carbocycles. The van der Waals surface area contributed by atoms with Gasteiger partial charge in [-0.25, -0.2) is 4.90 Å². The van der Waals surface area contributed by atoms with Crippen molar-refractivity contribution < 1.29 is 14.3 Å². The van der Waals surface area contributed by atoms with Gasteiger partial charge in [0.15, 0.2) is 0 Å². The summed E-state index contributed by atoms with van der Waals surface area (Å²) in [5.74, 6) is -0.277. The molecule has 1 aliphatic rings. The number of fused-ring (bicyclic) bond motifs is 1. The number of benzene rings is 3. The van der Waals surface area contributed by atoms with Crippen LogP contribution in [0.3, 0.4) is 0 Å². The molecule has 1 unspecified atom stereocenters. The zero-order chi connectivity index (χ0) is 19.0. The molecule has 3 aromatic rings. The first-order valence-electron chi connectivity index (χ1n) is 8.50. The Kier molecular flexibility index (Phi) is 4.54. The van der Waals surface area contributed by atoms with Crippen molar-refractivity contribution in [2.24, 2.45) is 0 Å². The minimum absolute atomic E-state index is 0.365. The molecule has 1 heterocycles. The van der Waals surface area contributed by atoms with Gasteiger partial charge in [0.2, 0.25) is 6.23 Å². The quantitative estimate of drug-likeness (QED) is 0.538. The number of imide groups is 1. The monoisotopic (exact) mass is 421 g/mol. The number of hydrogen-bond donors (Lipinski definition) is 0. The van der Waals surface area contributed by atoms with E-state index in [4.69, 9.17) is 4.74 Å². The first-order valence-corrected chi connectivity index (χ1v) is 9.29. The second-order valence-electron chi connectivity index (χ2n) is 6.36. The molecule has 1 atom stereocenters. The summed E-state index contributed by atoms with van der Waals surface area (Å²) in [4.78, 5) is 27.6. The molecule has 0 aliphatic carbocycles. The molecule has 4 rings (SSSR count). The fraction of sp³-hybridized carbons (Fsp3) is 0.0909. The molecular weight excluding hydrogens is 406 g/mol. The Bertz CT molecular complexity index is 1010. The minimum atomic E-state index is -0.825. The number of aryl methyl sites for hydroxylation is 1. The fourth-order valence-electron chi connectivity index (χ4n) is 3.03. The zero-order valence-corrected chi connectivity index (χ0v) is 16.1. The summed E-state index contributed by atoms with van der Waals surface area (Å²) in [6, 6.07) is 21.5. The third-order valence-corrected chi connectivity index (χ3v) is 5.01. The lowest BCUT2D eigenvalue weighted by molar-refractivity contribution is 0.0107. The molecule has 134 valence electrons. The van der Waals surface area contributed by atoms with E-state index in [0.29, 0.717) is 16.9 Å². The molecule has 0 radical (unpaired) electrons. The van der Waals surface area contributed by atoms with Gasteiger partial charge in [0, 0.05) is 15.6 Å². The molecule has 1 aliphatic heterocycles. The van der Waals surface area contributed by atoms with E-state index in [0.717, 1.165) is 15.6 Å². The maximum atomic E-state index is 13.2. The molecule has 0 bridgehead atoms. The second-order valence-corrected chi connectivity index (χ2v) is 7.28. The Morgan fingerprint density at radius 2 is 1.63 bits per heavy atom. The van der Waals surface area contributed by atoms with Crippen molar-refractivity contribution in [1.29, 1.82) is 0 Å². The molecule has 5 heteroatoms. The lowest BCUT2D eigenvalue weighted by Gasteiger charge is -2.35. The van der Waals surface area contributed by atoms with Crippen LogP contribution in [0.5, 0.6) is 5.75 Å². The van der Waals surface area contributed by atoms with Gasteiger partial charge < -0.3 is 4.74 Å². The van der Waals surface area contributed by atoms with E-state index in [-0.39, 0.29) is 11.8 Å². The van der Waals surface area contributed by atoms with Gasteiger partial charge in [0.05, 0.1) is 5.56 Å². The topological polar surface area (TPSA) is 46.6 Å². The molecule has 27 heavy (non-hydrogen) atoms. The van der Waals surface area contributed by atoms with Gasteiger partial charge in [-0.1, -0.05) is 57.9 Å². The summed E-state index contributed by atoms with van der Waals surface area (Å²) in [6.07, 6.45) is -0.825. The zero-order valence-electron chi connectivity index (χ0n) is 14.6. The number of rotatable bonds is 2. The van der Waals surface area contributed by atoms with Crippen LogP contribution in [0.15, 0.2) is 77.3 Å². The number of hydrogen-bond acceptors (Lipinski definition) is 3. The highest BCUT2D eigenvalue weighted by Crippen LogP contribution is 2.36. The lowest BCUT2D eigenvalue weighted by Crippen LogP contribution is -2.45. The smallest absolute Gasteiger partial charge is 0.267 e. The van der Waals surface area contributed by atoms with E-state index in [2.05, 4.69) is 15.9 Å². The van der Waals surface area contributed by atoms with Gasteiger partial charge in [-0.15, -0.1) is 0 Å². The van der Waals surface area contributed by atoms with E-state index in [1.807, 2.05) is 49.4 Å². The number of halogens is 1. The van der Waals surface area contributed by atoms with E-state index in [1.165, 1.54) is 4.90 Å². The minimum Gasteiger partial charge on any atom is -0.465 e. The largest absolute Gasteiger partial charge is 0.465 e. The number of amides is 2. The van der Waals surface area contributed by atoms with Gasteiger partial charge in [-0.3, -0.25) is 9.59 Å². The van der Waals surface area contributed by atoms with Crippen LogP contribution in [0.4, 0.5) is 0 Å². The molecule has 2 amide bonds. The fourth-order valence-corrected chi connectivity index (χ4v) is 3.30. The summed E-state index contributed by atoms with van der Waals surface area (Å²) in [6.45, 7) is 1.95. The Hall–Kier alpha value is -2.92. The number of ether oxygens (including phenoxy) is 1. The molecular formula is C22H16BrNO3. The van der Waals surface area contributed by atoms with Crippen molar-refractivity contribution >= 4 is 27.7 Å². The van der Waals surface area contributed by atoms with E-state index >= 15 is 0 Å². The molecule has 0 N–H and O–H groups in total. The molecule has 0 saturated heterocycles. The van der Waals surface area contributed by atoms with Crippen LogP contribution in [0, 0.1) is 6.92 Å². The Balaban J connectivity index is 1.81. The molecule has 0 spiro atoms. The summed E-state index contributed by atoms with van der Waals surface area (Å²) in [5, 5.41) is 0. The third kappa shape index (κ3) is 3.26. The summed E-state index contributed by atoms with van der Waals surface area (Å²) in [5.41, 5.74) is 2.59. The summed E-state index contributed by atoms with van der Waals surface area (Å²) < 4.78 is 6.98. The Morgan fingerprint density at radius 3 is 2.33 bits per heavy atom. The van der Waals surface area contributed by atoms with Crippen molar-refractivity contribution in [2.45, 2.75) is 13.2 Å². The van der Waals surface area contributed by atoms with E-state index < -0.39 is 6.23 Å². The highest BCUT2D eigenvalue weighted by molar-refractivity contribution is 9.10. The van der Waals surface area contributed by atoms with Crippen LogP contribution in [-0.2, 0) is 0 Å².